The number of nitrogens with one attached hydrogen (secondary N) is 1. The fraction of sp³-hybridized carbons (Fsp3) is 0.235. The molecule has 3 rings (SSSR count). The number of aryl methyl sites for hydroxylation is 1. The van der Waals surface area contributed by atoms with E-state index in [4.69, 9.17) is 9.26 Å². The average Bonchev–Trinajstić information content (AvgIpc) is 2.89. The second kappa shape index (κ2) is 5.87. The van der Waals surface area contributed by atoms with Crippen LogP contribution in [-0.4, -0.2) is 5.16 Å². The van der Waals surface area contributed by atoms with Crippen LogP contribution in [-0.2, 0) is 13.0 Å². The van der Waals surface area contributed by atoms with Crippen LogP contribution in [0.25, 0.3) is 11.0 Å². The molecule has 21 heavy (non-hydrogen) atoms. The molecule has 0 aliphatic carbocycles. The zero-order valence-corrected chi connectivity index (χ0v) is 11.9. The minimum absolute atomic E-state index is 0.197. The van der Waals surface area contributed by atoms with Gasteiger partial charge in [0.1, 0.15) is 12.4 Å². The fourth-order valence-electron chi connectivity index (χ4n) is 2.41. The van der Waals surface area contributed by atoms with Crippen LogP contribution in [0.1, 0.15) is 24.5 Å². The Bertz CT molecular complexity index is 787. The molecule has 3 aromatic rings. The van der Waals surface area contributed by atoms with Crippen LogP contribution in [0.15, 0.2) is 51.8 Å². The fourth-order valence-corrected chi connectivity index (χ4v) is 2.41. The number of rotatable bonds is 5. The van der Waals surface area contributed by atoms with Crippen LogP contribution in [0.2, 0.25) is 0 Å². The van der Waals surface area contributed by atoms with Crippen molar-refractivity contribution in [2.75, 3.05) is 0 Å². The van der Waals surface area contributed by atoms with Gasteiger partial charge in [-0.1, -0.05) is 43.7 Å². The second-order valence-corrected chi connectivity index (χ2v) is 4.98. The molecule has 4 heteroatoms. The number of hydrogen-bond donors (Lipinski definition) is 1. The minimum Gasteiger partial charge on any atom is -0.488 e. The van der Waals surface area contributed by atoms with Gasteiger partial charge in [0.05, 0.1) is 5.39 Å². The Balaban J connectivity index is 1.94. The number of aromatic amines is 1. The zero-order chi connectivity index (χ0) is 14.7. The number of hydrogen-bond acceptors (Lipinski definition) is 3. The first kappa shape index (κ1) is 13.5. The quantitative estimate of drug-likeness (QED) is 0.777. The van der Waals surface area contributed by atoms with Gasteiger partial charge in [-0.2, -0.15) is 5.16 Å². The molecule has 0 radical (unpaired) electrons. The van der Waals surface area contributed by atoms with E-state index in [-0.39, 0.29) is 5.56 Å². The number of fused-ring (bicyclic) bond motifs is 1. The molecule has 1 heterocycles. The summed E-state index contributed by atoms with van der Waals surface area (Å²) in [6.45, 7) is 2.59. The van der Waals surface area contributed by atoms with E-state index in [1.165, 1.54) is 0 Å². The van der Waals surface area contributed by atoms with Gasteiger partial charge >= 0.3 is 0 Å². The summed E-state index contributed by atoms with van der Waals surface area (Å²) in [5, 5.41) is 2.96. The summed E-state index contributed by atoms with van der Waals surface area (Å²) < 4.78 is 11.2. The van der Waals surface area contributed by atoms with Gasteiger partial charge in [0.15, 0.2) is 5.58 Å². The molecular formula is C17H17NO3. The lowest BCUT2D eigenvalue weighted by atomic mass is 10.1. The third-order valence-corrected chi connectivity index (χ3v) is 3.45. The van der Waals surface area contributed by atoms with E-state index >= 15 is 0 Å². The highest BCUT2D eigenvalue weighted by atomic mass is 16.5. The summed E-state index contributed by atoms with van der Waals surface area (Å²) in [6, 6.07) is 13.6. The standard InChI is InChI=1S/C17H17NO3/c1-2-6-13-15(20-11-12-7-4-3-5-8-12)10-9-14-16(13)21-18-17(14)19/h3-5,7-10H,2,6,11H2,1H3,(H,18,19). The Labute approximate surface area is 122 Å². The number of ether oxygens (including phenoxy) is 1. The zero-order valence-electron chi connectivity index (χ0n) is 11.9. The van der Waals surface area contributed by atoms with E-state index in [0.717, 1.165) is 29.7 Å². The Morgan fingerprint density at radius 3 is 2.71 bits per heavy atom. The lowest BCUT2D eigenvalue weighted by Crippen LogP contribution is -2.01. The van der Waals surface area contributed by atoms with Crippen molar-refractivity contribution in [2.45, 2.75) is 26.4 Å². The Morgan fingerprint density at radius 1 is 1.14 bits per heavy atom. The van der Waals surface area contributed by atoms with Gasteiger partial charge in [0.25, 0.3) is 5.56 Å². The highest BCUT2D eigenvalue weighted by Crippen LogP contribution is 2.28. The first-order valence-electron chi connectivity index (χ1n) is 7.09. The van der Waals surface area contributed by atoms with Crippen LogP contribution in [0, 0.1) is 0 Å². The Morgan fingerprint density at radius 2 is 1.95 bits per heavy atom. The maximum Gasteiger partial charge on any atom is 0.287 e. The molecule has 0 fully saturated rings. The van der Waals surface area contributed by atoms with Crippen LogP contribution >= 0.6 is 0 Å². The summed E-state index contributed by atoms with van der Waals surface area (Å²) in [6.07, 6.45) is 1.76. The van der Waals surface area contributed by atoms with E-state index in [1.807, 2.05) is 36.4 Å². The molecule has 0 atom stereocenters. The molecule has 0 saturated carbocycles. The predicted octanol–water partition coefficient (Wildman–Crippen LogP) is 3.65. The molecular weight excluding hydrogens is 266 g/mol. The average molecular weight is 283 g/mol. The first-order chi connectivity index (χ1) is 10.3. The molecule has 2 aromatic carbocycles. The monoisotopic (exact) mass is 283 g/mol. The molecule has 0 amide bonds. The van der Waals surface area contributed by atoms with Crippen LogP contribution < -0.4 is 10.3 Å². The number of benzene rings is 2. The SMILES string of the molecule is CCCc1c(OCc2ccccc2)ccc2c(=O)[nH]oc12. The summed E-state index contributed by atoms with van der Waals surface area (Å²) in [7, 11) is 0. The van der Waals surface area contributed by atoms with Crippen molar-refractivity contribution in [2.24, 2.45) is 0 Å². The van der Waals surface area contributed by atoms with Crippen molar-refractivity contribution >= 4 is 11.0 Å². The predicted molar refractivity (Wildman–Crippen MR) is 81.6 cm³/mol. The molecule has 0 unspecified atom stereocenters. The molecule has 1 N–H and O–H groups in total. The molecule has 4 nitrogen and oxygen atoms in total. The number of aromatic nitrogens is 1. The summed E-state index contributed by atoms with van der Waals surface area (Å²) in [5.74, 6) is 0.774. The highest BCUT2D eigenvalue weighted by molar-refractivity contribution is 5.81. The highest BCUT2D eigenvalue weighted by Gasteiger charge is 2.14. The molecule has 0 spiro atoms. The Hall–Kier alpha value is -2.49. The molecule has 0 aliphatic heterocycles. The molecule has 0 aliphatic rings. The van der Waals surface area contributed by atoms with E-state index in [2.05, 4.69) is 12.1 Å². The number of H-pyrrole nitrogens is 1. The van der Waals surface area contributed by atoms with Gasteiger partial charge in [-0.3, -0.25) is 4.79 Å². The molecule has 1 aromatic heterocycles. The second-order valence-electron chi connectivity index (χ2n) is 4.98. The van der Waals surface area contributed by atoms with E-state index in [9.17, 15) is 4.79 Å². The lowest BCUT2D eigenvalue weighted by Gasteiger charge is -2.11. The van der Waals surface area contributed by atoms with Crippen LogP contribution in [0.5, 0.6) is 5.75 Å². The normalized spacial score (nSPS) is 10.9. The largest absolute Gasteiger partial charge is 0.488 e. The van der Waals surface area contributed by atoms with Crippen molar-refractivity contribution in [1.29, 1.82) is 0 Å². The maximum absolute atomic E-state index is 11.6. The van der Waals surface area contributed by atoms with Crippen LogP contribution in [0.3, 0.4) is 0 Å². The third kappa shape index (κ3) is 2.70. The van der Waals surface area contributed by atoms with Gasteiger partial charge in [0.2, 0.25) is 0 Å². The first-order valence-corrected chi connectivity index (χ1v) is 7.09. The summed E-state index contributed by atoms with van der Waals surface area (Å²) in [4.78, 5) is 11.6. The van der Waals surface area contributed by atoms with Crippen LogP contribution in [0.4, 0.5) is 0 Å². The van der Waals surface area contributed by atoms with Gasteiger partial charge in [-0.05, 0) is 24.1 Å². The molecule has 0 saturated heterocycles. The molecule has 108 valence electrons. The van der Waals surface area contributed by atoms with Gasteiger partial charge in [-0.25, -0.2) is 0 Å². The lowest BCUT2D eigenvalue weighted by molar-refractivity contribution is 0.302. The van der Waals surface area contributed by atoms with E-state index in [0.29, 0.717) is 17.6 Å². The van der Waals surface area contributed by atoms with Crippen molar-refractivity contribution in [3.8, 4) is 5.75 Å². The van der Waals surface area contributed by atoms with E-state index in [1.54, 1.807) is 6.07 Å². The van der Waals surface area contributed by atoms with Crippen molar-refractivity contribution < 1.29 is 9.26 Å². The third-order valence-electron chi connectivity index (χ3n) is 3.45. The summed E-state index contributed by atoms with van der Waals surface area (Å²) >= 11 is 0. The minimum atomic E-state index is -0.197. The van der Waals surface area contributed by atoms with E-state index < -0.39 is 0 Å². The van der Waals surface area contributed by atoms with Crippen molar-refractivity contribution in [3.63, 3.8) is 0 Å². The maximum atomic E-state index is 11.6. The molecule has 0 bridgehead atoms. The Kier molecular flexibility index (Phi) is 3.77. The smallest absolute Gasteiger partial charge is 0.287 e. The van der Waals surface area contributed by atoms with Crippen molar-refractivity contribution in [1.82, 2.24) is 5.16 Å². The van der Waals surface area contributed by atoms with Gasteiger partial charge in [-0.15, -0.1) is 0 Å². The van der Waals surface area contributed by atoms with Crippen molar-refractivity contribution in [3.05, 3.63) is 63.9 Å². The topological polar surface area (TPSA) is 55.2 Å². The summed E-state index contributed by atoms with van der Waals surface area (Å²) in [5.41, 5.74) is 2.46. The van der Waals surface area contributed by atoms with Gasteiger partial charge < -0.3 is 9.26 Å². The van der Waals surface area contributed by atoms with Gasteiger partial charge in [0, 0.05) is 5.56 Å².